The molecule has 1 aliphatic rings. The monoisotopic (exact) mass is 238 g/mol. The molecule has 0 aromatic heterocycles. The summed E-state index contributed by atoms with van der Waals surface area (Å²) in [6.45, 7) is 0. The summed E-state index contributed by atoms with van der Waals surface area (Å²) in [5.74, 6) is 0. The summed E-state index contributed by atoms with van der Waals surface area (Å²) in [5.41, 5.74) is 0. The van der Waals surface area contributed by atoms with Crippen LogP contribution in [0.4, 0.5) is 0 Å². The van der Waals surface area contributed by atoms with E-state index in [4.69, 9.17) is 0 Å². The van der Waals surface area contributed by atoms with E-state index in [0.717, 1.165) is 9.52 Å². The first-order valence-electron chi connectivity index (χ1n) is 2.04. The molecule has 0 bridgehead atoms. The quantitative estimate of drug-likeness (QED) is 0.570. The molecule has 0 aliphatic carbocycles. The van der Waals surface area contributed by atoms with Crippen molar-refractivity contribution in [3.8, 4) is 0 Å². The Morgan fingerprint density at radius 3 is 1.71 bits per heavy atom. The van der Waals surface area contributed by atoms with Crippen molar-refractivity contribution in [2.45, 2.75) is 12.1 Å². The number of allylic oxidation sites excluding steroid dienone is 2. The van der Waals surface area contributed by atoms with Gasteiger partial charge < -0.3 is 0 Å². The molecule has 0 saturated heterocycles. The molecule has 0 spiro atoms. The van der Waals surface area contributed by atoms with Crippen molar-refractivity contribution in [1.82, 2.24) is 0 Å². The Morgan fingerprint density at radius 2 is 1.57 bits per heavy atom. The van der Waals surface area contributed by atoms with Crippen molar-refractivity contribution >= 4 is 41.4 Å². The summed E-state index contributed by atoms with van der Waals surface area (Å²) < 4.78 is 2.73. The fourth-order valence-electron chi connectivity index (χ4n) is 0.474. The highest BCUT2D eigenvalue weighted by atomic mass is 79.9. The predicted molar refractivity (Wildman–Crippen MR) is 40.2 cm³/mol. The lowest BCUT2D eigenvalue weighted by molar-refractivity contribution is 1.68. The van der Waals surface area contributed by atoms with E-state index in [1.165, 1.54) is 21.1 Å². The summed E-state index contributed by atoms with van der Waals surface area (Å²) in [7, 11) is 1.10. The van der Waals surface area contributed by atoms with E-state index >= 15 is 0 Å². The molecule has 2 radical (unpaired) electrons. The molecule has 38 valence electrons. The van der Waals surface area contributed by atoms with Gasteiger partial charge >= 0.3 is 0 Å². The normalized spacial score (nSPS) is 21.4. The Morgan fingerprint density at radius 1 is 1.14 bits per heavy atom. The van der Waals surface area contributed by atoms with Crippen molar-refractivity contribution in [3.05, 3.63) is 8.96 Å². The minimum atomic E-state index is 1.10. The van der Waals surface area contributed by atoms with Crippen LogP contribution in [-0.4, -0.2) is 9.52 Å². The highest BCUT2D eigenvalue weighted by Gasteiger charge is 2.08. The molecule has 0 aromatic carbocycles. The van der Waals surface area contributed by atoms with Gasteiger partial charge in [0.1, 0.15) is 0 Å². The smallest absolute Gasteiger partial charge is 0.0493 e. The molecule has 0 unspecified atom stereocenters. The standard InChI is InChI=1S/C4H4Br2Si/c5-3-1-7-2-4(3)6/h1-2H2. The van der Waals surface area contributed by atoms with E-state index in [0.29, 0.717) is 0 Å². The molecule has 0 nitrogen and oxygen atoms in total. The zero-order chi connectivity index (χ0) is 5.28. The van der Waals surface area contributed by atoms with Crippen LogP contribution in [-0.2, 0) is 0 Å². The molecule has 0 aromatic rings. The summed E-state index contributed by atoms with van der Waals surface area (Å²) in [5, 5.41) is 0. The van der Waals surface area contributed by atoms with E-state index in [9.17, 15) is 0 Å². The van der Waals surface area contributed by atoms with E-state index in [-0.39, 0.29) is 0 Å². The van der Waals surface area contributed by atoms with Gasteiger partial charge in [-0.05, 0) is 12.1 Å². The molecule has 1 rings (SSSR count). The van der Waals surface area contributed by atoms with Crippen LogP contribution < -0.4 is 0 Å². The molecule has 3 heteroatoms. The topological polar surface area (TPSA) is 0 Å². The van der Waals surface area contributed by atoms with Crippen molar-refractivity contribution in [1.29, 1.82) is 0 Å². The number of rotatable bonds is 0. The molecule has 0 N–H and O–H groups in total. The molecule has 0 atom stereocenters. The van der Waals surface area contributed by atoms with E-state index in [1.807, 2.05) is 0 Å². The average molecular weight is 240 g/mol. The highest BCUT2D eigenvalue weighted by Crippen LogP contribution is 2.30. The second kappa shape index (κ2) is 2.46. The maximum atomic E-state index is 3.44. The fourth-order valence-corrected chi connectivity index (χ4v) is 3.45. The molecule has 7 heavy (non-hydrogen) atoms. The van der Waals surface area contributed by atoms with Crippen LogP contribution in [0.1, 0.15) is 0 Å². The summed E-state index contributed by atoms with van der Waals surface area (Å²) in [6, 6.07) is 2.50. The Hall–Kier alpha value is 0.917. The summed E-state index contributed by atoms with van der Waals surface area (Å²) >= 11 is 6.89. The van der Waals surface area contributed by atoms with Crippen LogP contribution >= 0.6 is 31.9 Å². The number of halogens is 2. The van der Waals surface area contributed by atoms with Gasteiger partial charge in [0.05, 0.1) is 0 Å². The number of hydrogen-bond acceptors (Lipinski definition) is 0. The van der Waals surface area contributed by atoms with Gasteiger partial charge in [-0.3, -0.25) is 0 Å². The fraction of sp³-hybridized carbons (Fsp3) is 0.500. The molecular weight excluding hydrogens is 236 g/mol. The lowest BCUT2D eigenvalue weighted by Gasteiger charge is -1.83. The molecular formula is C4H4Br2Si. The van der Waals surface area contributed by atoms with Gasteiger partial charge in [0.2, 0.25) is 0 Å². The van der Waals surface area contributed by atoms with Gasteiger partial charge in [-0.1, -0.05) is 31.9 Å². The average Bonchev–Trinajstić information content (AvgIpc) is 1.91. The van der Waals surface area contributed by atoms with Crippen molar-refractivity contribution < 1.29 is 0 Å². The second-order valence-corrected chi connectivity index (χ2v) is 4.53. The lowest BCUT2D eigenvalue weighted by atomic mass is 10.6. The molecule has 0 amide bonds. The first kappa shape index (κ1) is 6.04. The van der Waals surface area contributed by atoms with Crippen LogP contribution in [0.5, 0.6) is 0 Å². The van der Waals surface area contributed by atoms with Crippen LogP contribution in [0.25, 0.3) is 0 Å². The van der Waals surface area contributed by atoms with Gasteiger partial charge in [-0.15, -0.1) is 0 Å². The van der Waals surface area contributed by atoms with Crippen molar-refractivity contribution in [2.24, 2.45) is 0 Å². The predicted octanol–water partition coefficient (Wildman–Crippen LogP) is 2.54. The maximum Gasteiger partial charge on any atom is 0.0493 e. The molecule has 1 heterocycles. The maximum absolute atomic E-state index is 3.44. The SMILES string of the molecule is BrC1=C(Br)C[Si]C1. The van der Waals surface area contributed by atoms with E-state index in [2.05, 4.69) is 31.9 Å². The Kier molecular flexibility index (Phi) is 2.13. The van der Waals surface area contributed by atoms with Crippen LogP contribution in [0.2, 0.25) is 12.1 Å². The Balaban J connectivity index is 2.64. The molecule has 0 saturated carbocycles. The van der Waals surface area contributed by atoms with Crippen LogP contribution in [0, 0.1) is 0 Å². The van der Waals surface area contributed by atoms with Gasteiger partial charge in [0.25, 0.3) is 0 Å². The van der Waals surface area contributed by atoms with Crippen LogP contribution in [0.15, 0.2) is 8.96 Å². The van der Waals surface area contributed by atoms with E-state index in [1.54, 1.807) is 0 Å². The zero-order valence-corrected chi connectivity index (χ0v) is 7.84. The van der Waals surface area contributed by atoms with Crippen molar-refractivity contribution in [2.75, 3.05) is 0 Å². The highest BCUT2D eigenvalue weighted by molar-refractivity contribution is 9.14. The van der Waals surface area contributed by atoms with Crippen molar-refractivity contribution in [3.63, 3.8) is 0 Å². The first-order chi connectivity index (χ1) is 3.30. The van der Waals surface area contributed by atoms with Crippen LogP contribution in [0.3, 0.4) is 0 Å². The molecule has 1 aliphatic heterocycles. The third kappa shape index (κ3) is 1.40. The third-order valence-electron chi connectivity index (χ3n) is 0.855. The number of hydrogen-bond donors (Lipinski definition) is 0. The molecule has 0 fully saturated rings. The van der Waals surface area contributed by atoms with Gasteiger partial charge in [-0.2, -0.15) is 0 Å². The summed E-state index contributed by atoms with van der Waals surface area (Å²) in [6.07, 6.45) is 0. The van der Waals surface area contributed by atoms with Gasteiger partial charge in [0.15, 0.2) is 0 Å². The largest absolute Gasteiger partial charge is 0.0551 e. The zero-order valence-electron chi connectivity index (χ0n) is 3.67. The Labute approximate surface area is 62.4 Å². The van der Waals surface area contributed by atoms with Gasteiger partial charge in [0, 0.05) is 18.5 Å². The summed E-state index contributed by atoms with van der Waals surface area (Å²) in [4.78, 5) is 0. The van der Waals surface area contributed by atoms with Gasteiger partial charge in [-0.25, -0.2) is 0 Å². The second-order valence-electron chi connectivity index (χ2n) is 1.41. The Bertz CT molecular complexity index is 96.3. The minimum Gasteiger partial charge on any atom is -0.0551 e. The van der Waals surface area contributed by atoms with E-state index < -0.39 is 0 Å². The minimum absolute atomic E-state index is 1.10. The third-order valence-corrected chi connectivity index (χ3v) is 5.15. The first-order valence-corrected chi connectivity index (χ1v) is 5.04. The lowest BCUT2D eigenvalue weighted by Crippen LogP contribution is -1.73.